The topological polar surface area (TPSA) is 68.0 Å². The van der Waals surface area contributed by atoms with Gasteiger partial charge in [0.25, 0.3) is 0 Å². The number of nitrogens with one attached hydrogen (secondary N) is 1. The van der Waals surface area contributed by atoms with Crippen LogP contribution < -0.4 is 11.1 Å². The van der Waals surface area contributed by atoms with Crippen molar-refractivity contribution in [3.05, 3.63) is 66.0 Å². The van der Waals surface area contributed by atoms with Gasteiger partial charge in [-0.25, -0.2) is 0 Å². The molecule has 2 rings (SSSR count). The van der Waals surface area contributed by atoms with E-state index >= 15 is 0 Å². The first-order valence-corrected chi connectivity index (χ1v) is 6.72. The maximum absolute atomic E-state index is 11.9. The molecule has 3 N–H and O–H groups in total. The van der Waals surface area contributed by atoms with Crippen molar-refractivity contribution in [2.75, 3.05) is 6.54 Å². The molecule has 1 aromatic heterocycles. The van der Waals surface area contributed by atoms with Crippen molar-refractivity contribution in [3.8, 4) is 0 Å². The minimum Gasteiger partial charge on any atom is -0.354 e. The van der Waals surface area contributed by atoms with Gasteiger partial charge < -0.3 is 11.1 Å². The Labute approximate surface area is 131 Å². The van der Waals surface area contributed by atoms with Crippen LogP contribution in [0.1, 0.15) is 11.1 Å². The van der Waals surface area contributed by atoms with Gasteiger partial charge >= 0.3 is 0 Å². The second kappa shape index (κ2) is 9.10. The lowest BCUT2D eigenvalue weighted by molar-refractivity contribution is -0.122. The maximum Gasteiger partial charge on any atom is 0.237 e. The van der Waals surface area contributed by atoms with Crippen molar-refractivity contribution >= 4 is 18.3 Å². The number of hydrogen-bond donors (Lipinski definition) is 2. The number of hydrogen-bond acceptors (Lipinski definition) is 3. The zero-order valence-corrected chi connectivity index (χ0v) is 12.6. The van der Waals surface area contributed by atoms with E-state index in [4.69, 9.17) is 5.73 Å². The van der Waals surface area contributed by atoms with E-state index in [1.807, 2.05) is 42.5 Å². The zero-order chi connectivity index (χ0) is 14.2. The van der Waals surface area contributed by atoms with Crippen LogP contribution in [0.4, 0.5) is 0 Å². The highest BCUT2D eigenvalue weighted by molar-refractivity contribution is 5.85. The van der Waals surface area contributed by atoms with Gasteiger partial charge in [-0.2, -0.15) is 0 Å². The van der Waals surface area contributed by atoms with E-state index in [0.717, 1.165) is 17.5 Å². The van der Waals surface area contributed by atoms with Crippen LogP contribution in [0.25, 0.3) is 0 Å². The summed E-state index contributed by atoms with van der Waals surface area (Å²) in [5.41, 5.74) is 8.13. The van der Waals surface area contributed by atoms with Crippen LogP contribution in [-0.4, -0.2) is 23.5 Å². The fraction of sp³-hybridized carbons (Fsp3) is 0.250. The molecule has 5 heteroatoms. The Morgan fingerprint density at radius 2 is 1.76 bits per heavy atom. The Kier molecular flexibility index (Phi) is 7.43. The summed E-state index contributed by atoms with van der Waals surface area (Å²) >= 11 is 0. The van der Waals surface area contributed by atoms with Crippen LogP contribution >= 0.6 is 12.4 Å². The molecule has 0 saturated heterocycles. The fourth-order valence-electron chi connectivity index (χ4n) is 1.97. The second-order valence-electron chi connectivity index (χ2n) is 4.69. The summed E-state index contributed by atoms with van der Waals surface area (Å²) < 4.78 is 0. The minimum atomic E-state index is -0.505. The van der Waals surface area contributed by atoms with E-state index < -0.39 is 6.04 Å². The average molecular weight is 306 g/mol. The number of benzene rings is 1. The highest BCUT2D eigenvalue weighted by atomic mass is 35.5. The first kappa shape index (κ1) is 17.1. The highest BCUT2D eigenvalue weighted by Crippen LogP contribution is 2.02. The Bertz CT molecular complexity index is 534. The number of nitrogens with two attached hydrogens (primary N) is 1. The number of halogens is 1. The molecule has 1 aromatic carbocycles. The number of nitrogens with zero attached hydrogens (tertiary/aromatic N) is 1. The molecule has 0 aliphatic carbocycles. The largest absolute Gasteiger partial charge is 0.354 e. The van der Waals surface area contributed by atoms with Crippen molar-refractivity contribution in [1.29, 1.82) is 0 Å². The number of pyridine rings is 1. The molecular formula is C16H20ClN3O. The van der Waals surface area contributed by atoms with Gasteiger partial charge in [-0.15, -0.1) is 12.4 Å². The van der Waals surface area contributed by atoms with Gasteiger partial charge in [-0.1, -0.05) is 30.3 Å². The predicted molar refractivity (Wildman–Crippen MR) is 86.3 cm³/mol. The van der Waals surface area contributed by atoms with Gasteiger partial charge in [0.2, 0.25) is 5.91 Å². The summed E-state index contributed by atoms with van der Waals surface area (Å²) in [6.07, 6.45) is 4.84. The van der Waals surface area contributed by atoms with Crippen molar-refractivity contribution in [3.63, 3.8) is 0 Å². The maximum atomic E-state index is 11.9. The van der Waals surface area contributed by atoms with Gasteiger partial charge in [0.15, 0.2) is 0 Å². The third-order valence-electron chi connectivity index (χ3n) is 3.10. The molecule has 0 bridgehead atoms. The van der Waals surface area contributed by atoms with Crippen LogP contribution in [0, 0.1) is 0 Å². The summed E-state index contributed by atoms with van der Waals surface area (Å²) in [6.45, 7) is 0.589. The molecule has 1 amide bonds. The molecule has 21 heavy (non-hydrogen) atoms. The lowest BCUT2D eigenvalue weighted by Gasteiger charge is -2.12. The van der Waals surface area contributed by atoms with Crippen LogP contribution in [0.3, 0.4) is 0 Å². The second-order valence-corrected chi connectivity index (χ2v) is 4.69. The molecule has 4 nitrogen and oxygen atoms in total. The minimum absolute atomic E-state index is 0. The van der Waals surface area contributed by atoms with E-state index in [2.05, 4.69) is 10.3 Å². The average Bonchev–Trinajstić information content (AvgIpc) is 2.49. The number of rotatable bonds is 6. The number of carbonyl (C=O) groups excluding carboxylic acids is 1. The lowest BCUT2D eigenvalue weighted by Crippen LogP contribution is -2.42. The molecular weight excluding hydrogens is 286 g/mol. The predicted octanol–water partition coefficient (Wildman–Crippen LogP) is 1.73. The molecule has 1 atom stereocenters. The van der Waals surface area contributed by atoms with Gasteiger partial charge in [0.1, 0.15) is 0 Å². The van der Waals surface area contributed by atoms with Crippen LogP contribution in [-0.2, 0) is 17.6 Å². The Balaban J connectivity index is 0.00000220. The smallest absolute Gasteiger partial charge is 0.237 e. The summed E-state index contributed by atoms with van der Waals surface area (Å²) in [6, 6.07) is 13.2. The quantitative estimate of drug-likeness (QED) is 0.854. The summed E-state index contributed by atoms with van der Waals surface area (Å²) in [7, 11) is 0. The first-order chi connectivity index (χ1) is 9.75. The van der Waals surface area contributed by atoms with Crippen LogP contribution in [0.2, 0.25) is 0 Å². The summed E-state index contributed by atoms with van der Waals surface area (Å²) in [5, 5.41) is 2.87. The molecule has 0 unspecified atom stereocenters. The molecule has 0 aliphatic rings. The molecule has 0 saturated carbocycles. The van der Waals surface area contributed by atoms with Gasteiger partial charge in [-0.3, -0.25) is 9.78 Å². The van der Waals surface area contributed by atoms with Crippen molar-refractivity contribution < 1.29 is 4.79 Å². The molecule has 112 valence electrons. The Hall–Kier alpha value is -1.91. The van der Waals surface area contributed by atoms with Crippen LogP contribution in [0.5, 0.6) is 0 Å². The number of amides is 1. The normalized spacial score (nSPS) is 11.3. The van der Waals surface area contributed by atoms with Gasteiger partial charge in [0, 0.05) is 18.9 Å². The molecule has 0 aliphatic heterocycles. The van der Waals surface area contributed by atoms with E-state index in [1.54, 1.807) is 12.4 Å². The van der Waals surface area contributed by atoms with Crippen LogP contribution in [0.15, 0.2) is 54.9 Å². The SMILES string of the molecule is Cl.N[C@@H](Cc1ccccc1)C(=O)NCCc1ccncc1. The molecule has 0 fully saturated rings. The highest BCUT2D eigenvalue weighted by Gasteiger charge is 2.13. The summed E-state index contributed by atoms with van der Waals surface area (Å²) in [5.74, 6) is -0.108. The number of aromatic nitrogens is 1. The third-order valence-corrected chi connectivity index (χ3v) is 3.10. The van der Waals surface area contributed by atoms with Gasteiger partial charge in [0.05, 0.1) is 6.04 Å². The summed E-state index contributed by atoms with van der Waals surface area (Å²) in [4.78, 5) is 15.8. The molecule has 0 radical (unpaired) electrons. The van der Waals surface area contributed by atoms with Crippen molar-refractivity contribution in [2.24, 2.45) is 5.73 Å². The Morgan fingerprint density at radius 3 is 2.43 bits per heavy atom. The molecule has 0 spiro atoms. The van der Waals surface area contributed by atoms with E-state index in [-0.39, 0.29) is 18.3 Å². The lowest BCUT2D eigenvalue weighted by atomic mass is 10.1. The number of carbonyl (C=O) groups is 1. The standard InChI is InChI=1S/C16H19N3O.ClH/c17-15(12-14-4-2-1-3-5-14)16(20)19-11-8-13-6-9-18-10-7-13;/h1-7,9-10,15H,8,11-12,17H2,(H,19,20);1H/t15-;/m0./s1. The van der Waals surface area contributed by atoms with Crippen molar-refractivity contribution in [2.45, 2.75) is 18.9 Å². The molecule has 2 aromatic rings. The van der Waals surface area contributed by atoms with Crippen molar-refractivity contribution in [1.82, 2.24) is 10.3 Å². The Morgan fingerprint density at radius 1 is 1.10 bits per heavy atom. The zero-order valence-electron chi connectivity index (χ0n) is 11.7. The van der Waals surface area contributed by atoms with E-state index in [9.17, 15) is 4.79 Å². The fourth-order valence-corrected chi connectivity index (χ4v) is 1.97. The first-order valence-electron chi connectivity index (χ1n) is 6.72. The monoisotopic (exact) mass is 305 g/mol. The van der Waals surface area contributed by atoms with Gasteiger partial charge in [-0.05, 0) is 36.1 Å². The third kappa shape index (κ3) is 5.94. The van der Waals surface area contributed by atoms with E-state index in [1.165, 1.54) is 0 Å². The molecule has 1 heterocycles. The van der Waals surface area contributed by atoms with E-state index in [0.29, 0.717) is 13.0 Å².